The zero-order valence-corrected chi connectivity index (χ0v) is 17.3. The first-order chi connectivity index (χ1) is 14.8. The molecule has 1 aliphatic rings. The molecule has 7 heteroatoms. The lowest BCUT2D eigenvalue weighted by molar-refractivity contribution is 0.330. The number of aromatic nitrogens is 4. The number of piperidine rings is 1. The Morgan fingerprint density at radius 2 is 1.83 bits per heavy atom. The third-order valence-corrected chi connectivity index (χ3v) is 5.62. The highest BCUT2D eigenvalue weighted by molar-refractivity contribution is 6.11. The number of nitrogens with zero attached hydrogens (tertiary/aromatic N) is 4. The minimum Gasteiger partial charge on any atom is -0.496 e. The second-order valence-corrected chi connectivity index (χ2v) is 7.50. The molecule has 0 spiro atoms. The highest BCUT2D eigenvalue weighted by Gasteiger charge is 2.22. The van der Waals surface area contributed by atoms with Crippen LogP contribution in [-0.4, -0.2) is 46.7 Å². The van der Waals surface area contributed by atoms with Crippen LogP contribution in [0.2, 0.25) is 0 Å². The monoisotopic (exact) mass is 403 g/mol. The quantitative estimate of drug-likeness (QED) is 0.526. The number of hydrogen-bond acceptors (Lipinski definition) is 6. The maximum atomic E-state index is 5.91. The number of ether oxygens (including phenoxy) is 2. The first-order valence-electron chi connectivity index (χ1n) is 10.5. The minimum absolute atomic E-state index is 0.542. The number of nitrogens with one attached hydrogen (secondary N) is 1. The number of fused-ring (bicyclic) bond motifs is 3. The lowest BCUT2D eigenvalue weighted by atomic mass is 10.0. The molecular formula is C23H25N5O2. The Bertz CT molecular complexity index is 1180. The Morgan fingerprint density at radius 1 is 1.03 bits per heavy atom. The van der Waals surface area contributed by atoms with Gasteiger partial charge in [0, 0.05) is 25.5 Å². The number of benzene rings is 1. The Balaban J connectivity index is 1.74. The van der Waals surface area contributed by atoms with E-state index in [1.54, 1.807) is 19.5 Å². The van der Waals surface area contributed by atoms with Crippen molar-refractivity contribution in [3.05, 3.63) is 36.7 Å². The summed E-state index contributed by atoms with van der Waals surface area (Å²) >= 11 is 0. The van der Waals surface area contributed by atoms with E-state index < -0.39 is 0 Å². The van der Waals surface area contributed by atoms with Crippen molar-refractivity contribution >= 4 is 27.9 Å². The van der Waals surface area contributed by atoms with E-state index in [4.69, 9.17) is 19.4 Å². The number of rotatable bonds is 5. The summed E-state index contributed by atoms with van der Waals surface area (Å²) in [5.41, 5.74) is 4.71. The summed E-state index contributed by atoms with van der Waals surface area (Å²) < 4.78 is 11.7. The number of methoxy groups -OCH3 is 1. The van der Waals surface area contributed by atoms with Crippen LogP contribution in [0.1, 0.15) is 26.2 Å². The molecule has 1 aliphatic heterocycles. The fourth-order valence-electron chi connectivity index (χ4n) is 4.16. The summed E-state index contributed by atoms with van der Waals surface area (Å²) in [5, 5.41) is 0.951. The first kappa shape index (κ1) is 18.7. The Labute approximate surface area is 175 Å². The van der Waals surface area contributed by atoms with Crippen molar-refractivity contribution in [1.82, 2.24) is 19.9 Å². The van der Waals surface area contributed by atoms with Crippen molar-refractivity contribution in [2.45, 2.75) is 26.2 Å². The smallest absolute Gasteiger partial charge is 0.243 e. The maximum absolute atomic E-state index is 5.91. The molecule has 5 rings (SSSR count). The van der Waals surface area contributed by atoms with Gasteiger partial charge in [0.05, 0.1) is 24.6 Å². The lowest BCUT2D eigenvalue weighted by Gasteiger charge is -2.26. The molecule has 3 aromatic heterocycles. The Kier molecular flexibility index (Phi) is 4.86. The molecule has 7 nitrogen and oxygen atoms in total. The normalized spacial score (nSPS) is 14.4. The molecule has 1 N–H and O–H groups in total. The number of aromatic amines is 1. The molecule has 0 unspecified atom stereocenters. The molecule has 0 radical (unpaired) electrons. The Hall–Kier alpha value is -3.35. The van der Waals surface area contributed by atoms with Crippen molar-refractivity contribution in [1.29, 1.82) is 0 Å². The van der Waals surface area contributed by atoms with Crippen LogP contribution >= 0.6 is 0 Å². The second-order valence-electron chi connectivity index (χ2n) is 7.50. The molecule has 0 amide bonds. The van der Waals surface area contributed by atoms with Crippen molar-refractivity contribution in [3.63, 3.8) is 0 Å². The zero-order chi connectivity index (χ0) is 20.5. The van der Waals surface area contributed by atoms with E-state index in [0.29, 0.717) is 12.5 Å². The number of hydrogen-bond donors (Lipinski definition) is 1. The largest absolute Gasteiger partial charge is 0.496 e. The molecule has 0 aliphatic carbocycles. The highest BCUT2D eigenvalue weighted by atomic mass is 16.5. The van der Waals surface area contributed by atoms with Gasteiger partial charge in [0.2, 0.25) is 11.8 Å². The number of H-pyrrole nitrogens is 1. The van der Waals surface area contributed by atoms with Crippen molar-refractivity contribution in [3.8, 4) is 22.8 Å². The molecule has 4 heterocycles. The third-order valence-electron chi connectivity index (χ3n) is 5.62. The van der Waals surface area contributed by atoms with Gasteiger partial charge >= 0.3 is 0 Å². The number of anilines is 1. The minimum atomic E-state index is 0.542. The molecule has 30 heavy (non-hydrogen) atoms. The summed E-state index contributed by atoms with van der Waals surface area (Å²) in [6.07, 6.45) is 7.17. The molecule has 1 aromatic carbocycles. The summed E-state index contributed by atoms with van der Waals surface area (Å²) in [4.78, 5) is 19.6. The molecule has 1 saturated heterocycles. The van der Waals surface area contributed by atoms with Gasteiger partial charge in [-0.25, -0.2) is 4.98 Å². The van der Waals surface area contributed by atoms with Crippen LogP contribution in [0.25, 0.3) is 33.1 Å². The fraction of sp³-hybridized carbons (Fsp3) is 0.348. The van der Waals surface area contributed by atoms with Gasteiger partial charge in [-0.2, -0.15) is 4.98 Å². The lowest BCUT2D eigenvalue weighted by Crippen LogP contribution is -2.31. The Morgan fingerprint density at radius 3 is 2.57 bits per heavy atom. The van der Waals surface area contributed by atoms with Gasteiger partial charge in [-0.3, -0.25) is 4.98 Å². The van der Waals surface area contributed by atoms with E-state index in [0.717, 1.165) is 70.7 Å². The van der Waals surface area contributed by atoms with E-state index in [-0.39, 0.29) is 0 Å². The van der Waals surface area contributed by atoms with Gasteiger partial charge in [0.25, 0.3) is 0 Å². The van der Waals surface area contributed by atoms with Gasteiger partial charge in [-0.15, -0.1) is 0 Å². The SMILES string of the molecule is CCOc1nc(N2CCCCC2)nc2c1[nH]c1cc(-c3ccncc3)cc(OC)c12. The summed E-state index contributed by atoms with van der Waals surface area (Å²) in [7, 11) is 1.69. The van der Waals surface area contributed by atoms with Gasteiger partial charge in [0.1, 0.15) is 16.8 Å². The maximum Gasteiger partial charge on any atom is 0.243 e. The van der Waals surface area contributed by atoms with Gasteiger partial charge < -0.3 is 19.4 Å². The predicted molar refractivity (Wildman–Crippen MR) is 118 cm³/mol. The van der Waals surface area contributed by atoms with Crippen molar-refractivity contribution < 1.29 is 9.47 Å². The van der Waals surface area contributed by atoms with Crippen LogP contribution in [0.4, 0.5) is 5.95 Å². The highest BCUT2D eigenvalue weighted by Crippen LogP contribution is 2.39. The summed E-state index contributed by atoms with van der Waals surface area (Å²) in [5.74, 6) is 2.09. The van der Waals surface area contributed by atoms with E-state index in [2.05, 4.69) is 20.9 Å². The third kappa shape index (κ3) is 3.20. The van der Waals surface area contributed by atoms with Crippen LogP contribution < -0.4 is 14.4 Å². The van der Waals surface area contributed by atoms with Crippen LogP contribution in [0.3, 0.4) is 0 Å². The zero-order valence-electron chi connectivity index (χ0n) is 17.3. The molecule has 4 aromatic rings. The van der Waals surface area contributed by atoms with Crippen molar-refractivity contribution in [2.75, 3.05) is 31.7 Å². The molecule has 0 saturated carbocycles. The predicted octanol–water partition coefficient (Wildman–Crippen LogP) is 4.57. The van der Waals surface area contributed by atoms with Gasteiger partial charge in [0.15, 0.2) is 0 Å². The van der Waals surface area contributed by atoms with E-state index in [1.165, 1.54) is 6.42 Å². The van der Waals surface area contributed by atoms with Crippen LogP contribution in [0.15, 0.2) is 36.7 Å². The summed E-state index contributed by atoms with van der Waals surface area (Å²) in [6.45, 7) is 4.46. The van der Waals surface area contributed by atoms with E-state index >= 15 is 0 Å². The average Bonchev–Trinajstić information content (AvgIpc) is 3.19. The first-order valence-corrected chi connectivity index (χ1v) is 10.5. The van der Waals surface area contributed by atoms with Gasteiger partial charge in [-0.1, -0.05) is 0 Å². The van der Waals surface area contributed by atoms with Crippen molar-refractivity contribution in [2.24, 2.45) is 0 Å². The summed E-state index contributed by atoms with van der Waals surface area (Å²) in [6, 6.07) is 8.14. The molecule has 0 bridgehead atoms. The van der Waals surface area contributed by atoms with Crippen LogP contribution in [0, 0.1) is 0 Å². The molecular weight excluding hydrogens is 378 g/mol. The average molecular weight is 403 g/mol. The van der Waals surface area contributed by atoms with E-state index in [1.807, 2.05) is 25.1 Å². The topological polar surface area (TPSA) is 76.2 Å². The standard InChI is InChI=1S/C23H25N5O2/c1-3-30-22-21-20(26-23(27-22)28-11-5-4-6-12-28)19-17(25-21)13-16(14-18(19)29-2)15-7-9-24-10-8-15/h7-10,13-14,25H,3-6,11-12H2,1-2H3. The van der Waals surface area contributed by atoms with Crippen LogP contribution in [0.5, 0.6) is 11.6 Å². The van der Waals surface area contributed by atoms with Crippen LogP contribution in [-0.2, 0) is 0 Å². The van der Waals surface area contributed by atoms with Gasteiger partial charge in [-0.05, 0) is 61.6 Å². The molecule has 0 atom stereocenters. The number of pyridine rings is 1. The molecule has 1 fully saturated rings. The fourth-order valence-corrected chi connectivity index (χ4v) is 4.16. The second kappa shape index (κ2) is 7.82. The molecule has 154 valence electrons. The van der Waals surface area contributed by atoms with E-state index in [9.17, 15) is 0 Å².